The topological polar surface area (TPSA) is 12.0 Å². The van der Waals surface area contributed by atoms with Crippen LogP contribution >= 0.6 is 11.6 Å². The highest BCUT2D eigenvalue weighted by Gasteiger charge is 2.23. The predicted octanol–water partition coefficient (Wildman–Crippen LogP) is 4.96. The Bertz CT molecular complexity index is 371. The minimum Gasteiger partial charge on any atom is -0.307 e. The number of hydrogen-bond acceptors (Lipinski definition) is 1. The first-order valence-electron chi connectivity index (χ1n) is 7.22. The van der Waals surface area contributed by atoms with Crippen LogP contribution < -0.4 is 5.32 Å². The number of rotatable bonds is 5. The minimum absolute atomic E-state index is 0.430. The summed E-state index contributed by atoms with van der Waals surface area (Å²) >= 11 is 6.08. The molecule has 1 aromatic carbocycles. The fourth-order valence-corrected chi connectivity index (χ4v) is 3.28. The average Bonchev–Trinajstić information content (AvgIpc) is 2.89. The molecule has 0 aliphatic heterocycles. The fourth-order valence-electron chi connectivity index (χ4n) is 3.08. The summed E-state index contributed by atoms with van der Waals surface area (Å²) < 4.78 is 0. The van der Waals surface area contributed by atoms with Crippen LogP contribution in [-0.4, -0.2) is 6.04 Å². The molecule has 2 rings (SSSR count). The first kappa shape index (κ1) is 13.9. The van der Waals surface area contributed by atoms with E-state index in [1.807, 2.05) is 12.1 Å². The van der Waals surface area contributed by atoms with Crippen LogP contribution in [0.1, 0.15) is 57.6 Å². The van der Waals surface area contributed by atoms with Gasteiger partial charge in [0.05, 0.1) is 0 Å². The number of benzene rings is 1. The van der Waals surface area contributed by atoms with Crippen LogP contribution in [0.3, 0.4) is 0 Å². The molecule has 1 aliphatic carbocycles. The van der Waals surface area contributed by atoms with E-state index in [-0.39, 0.29) is 0 Å². The molecule has 100 valence electrons. The van der Waals surface area contributed by atoms with Crippen molar-refractivity contribution in [2.24, 2.45) is 5.92 Å². The highest BCUT2D eigenvalue weighted by molar-refractivity contribution is 6.30. The van der Waals surface area contributed by atoms with Crippen molar-refractivity contribution in [2.45, 2.75) is 58.0 Å². The summed E-state index contributed by atoms with van der Waals surface area (Å²) in [5.41, 5.74) is 1.31. The Hall–Kier alpha value is -0.530. The van der Waals surface area contributed by atoms with E-state index >= 15 is 0 Å². The third kappa shape index (κ3) is 3.49. The lowest BCUT2D eigenvalue weighted by Gasteiger charge is -2.27. The van der Waals surface area contributed by atoms with Gasteiger partial charge in [-0.1, -0.05) is 43.5 Å². The van der Waals surface area contributed by atoms with Crippen molar-refractivity contribution < 1.29 is 0 Å². The zero-order valence-electron chi connectivity index (χ0n) is 11.5. The third-order valence-corrected chi connectivity index (χ3v) is 4.47. The van der Waals surface area contributed by atoms with E-state index in [9.17, 15) is 0 Å². The summed E-state index contributed by atoms with van der Waals surface area (Å²) in [5.74, 6) is 0.859. The summed E-state index contributed by atoms with van der Waals surface area (Å²) in [4.78, 5) is 0. The Morgan fingerprint density at radius 1 is 1.33 bits per heavy atom. The van der Waals surface area contributed by atoms with Crippen LogP contribution in [0.5, 0.6) is 0 Å². The Labute approximate surface area is 116 Å². The van der Waals surface area contributed by atoms with Crippen molar-refractivity contribution in [3.63, 3.8) is 0 Å². The van der Waals surface area contributed by atoms with Gasteiger partial charge in [0, 0.05) is 17.1 Å². The van der Waals surface area contributed by atoms with E-state index in [1.165, 1.54) is 31.2 Å². The van der Waals surface area contributed by atoms with Gasteiger partial charge in [-0.3, -0.25) is 0 Å². The highest BCUT2D eigenvalue weighted by Crippen LogP contribution is 2.29. The van der Waals surface area contributed by atoms with Gasteiger partial charge in [-0.25, -0.2) is 0 Å². The number of hydrogen-bond donors (Lipinski definition) is 1. The molecule has 0 bridgehead atoms. The molecule has 1 aliphatic rings. The molecule has 0 radical (unpaired) electrons. The second-order valence-corrected chi connectivity index (χ2v) is 5.95. The quantitative estimate of drug-likeness (QED) is 0.793. The molecule has 1 nitrogen and oxygen atoms in total. The van der Waals surface area contributed by atoms with Crippen molar-refractivity contribution in [3.8, 4) is 0 Å². The molecule has 1 aromatic rings. The van der Waals surface area contributed by atoms with Crippen molar-refractivity contribution in [3.05, 3.63) is 34.9 Å². The van der Waals surface area contributed by atoms with Crippen LogP contribution in [0.15, 0.2) is 24.3 Å². The number of halogens is 1. The molecule has 1 saturated carbocycles. The normalized spacial score (nSPS) is 19.9. The molecule has 1 unspecified atom stereocenters. The fraction of sp³-hybridized carbons (Fsp3) is 0.625. The average molecular weight is 266 g/mol. The standard InChI is InChI=1S/C16H24ClN/c1-3-16(14-9-6-10-15(17)11-14)18-12(2)13-7-4-5-8-13/h6,9-13,16,18H,3-5,7-8H2,1-2H3/t12-,16?/m0/s1. The minimum atomic E-state index is 0.430. The molecule has 18 heavy (non-hydrogen) atoms. The van der Waals surface area contributed by atoms with Gasteiger partial charge in [0.1, 0.15) is 0 Å². The van der Waals surface area contributed by atoms with Crippen LogP contribution in [0, 0.1) is 5.92 Å². The van der Waals surface area contributed by atoms with Crippen molar-refractivity contribution >= 4 is 11.6 Å². The molecule has 2 heteroatoms. The zero-order chi connectivity index (χ0) is 13.0. The molecule has 0 spiro atoms. The SMILES string of the molecule is CCC(N[C@@H](C)C1CCCC1)c1cccc(Cl)c1. The molecule has 0 aromatic heterocycles. The highest BCUT2D eigenvalue weighted by atomic mass is 35.5. The predicted molar refractivity (Wildman–Crippen MR) is 79.0 cm³/mol. The molecule has 0 amide bonds. The summed E-state index contributed by atoms with van der Waals surface area (Å²) in [6.45, 7) is 4.57. The molecule has 1 N–H and O–H groups in total. The second kappa shape index (κ2) is 6.58. The van der Waals surface area contributed by atoms with Crippen molar-refractivity contribution in [1.82, 2.24) is 5.32 Å². The van der Waals surface area contributed by atoms with Crippen LogP contribution in [0.25, 0.3) is 0 Å². The van der Waals surface area contributed by atoms with Gasteiger partial charge in [0.25, 0.3) is 0 Å². The molecular weight excluding hydrogens is 242 g/mol. The monoisotopic (exact) mass is 265 g/mol. The van der Waals surface area contributed by atoms with Crippen molar-refractivity contribution in [1.29, 1.82) is 0 Å². The van der Waals surface area contributed by atoms with Gasteiger partial charge in [-0.15, -0.1) is 0 Å². The number of nitrogens with one attached hydrogen (secondary N) is 1. The lowest BCUT2D eigenvalue weighted by Crippen LogP contribution is -2.35. The lowest BCUT2D eigenvalue weighted by atomic mass is 9.96. The smallest absolute Gasteiger partial charge is 0.0409 e. The summed E-state index contributed by atoms with van der Waals surface area (Å²) in [7, 11) is 0. The van der Waals surface area contributed by atoms with Crippen LogP contribution in [0.2, 0.25) is 5.02 Å². The van der Waals surface area contributed by atoms with Gasteiger partial charge < -0.3 is 5.32 Å². The van der Waals surface area contributed by atoms with E-state index in [4.69, 9.17) is 11.6 Å². The molecule has 0 saturated heterocycles. The second-order valence-electron chi connectivity index (χ2n) is 5.52. The van der Waals surface area contributed by atoms with Crippen molar-refractivity contribution in [2.75, 3.05) is 0 Å². The van der Waals surface area contributed by atoms with Gasteiger partial charge in [0.2, 0.25) is 0 Å². The maximum atomic E-state index is 6.08. The van der Waals surface area contributed by atoms with E-state index in [0.717, 1.165) is 17.4 Å². The first-order valence-corrected chi connectivity index (χ1v) is 7.60. The van der Waals surface area contributed by atoms with Gasteiger partial charge in [-0.2, -0.15) is 0 Å². The van der Waals surface area contributed by atoms with E-state index in [2.05, 4.69) is 31.3 Å². The van der Waals surface area contributed by atoms with Crippen LogP contribution in [0.4, 0.5) is 0 Å². The maximum Gasteiger partial charge on any atom is 0.0409 e. The molecule has 2 atom stereocenters. The summed E-state index contributed by atoms with van der Waals surface area (Å²) in [6.07, 6.45) is 6.70. The lowest BCUT2D eigenvalue weighted by molar-refractivity contribution is 0.339. The van der Waals surface area contributed by atoms with E-state index in [0.29, 0.717) is 12.1 Å². The summed E-state index contributed by atoms with van der Waals surface area (Å²) in [6, 6.07) is 9.29. The van der Waals surface area contributed by atoms with Gasteiger partial charge in [0.15, 0.2) is 0 Å². The van der Waals surface area contributed by atoms with Crippen LogP contribution in [-0.2, 0) is 0 Å². The Balaban J connectivity index is 2.00. The molecule has 1 fully saturated rings. The van der Waals surface area contributed by atoms with Gasteiger partial charge >= 0.3 is 0 Å². The largest absolute Gasteiger partial charge is 0.307 e. The van der Waals surface area contributed by atoms with E-state index < -0.39 is 0 Å². The Kier molecular flexibility index (Phi) is 5.08. The molecular formula is C16H24ClN. The zero-order valence-corrected chi connectivity index (χ0v) is 12.2. The maximum absolute atomic E-state index is 6.08. The Morgan fingerprint density at radius 3 is 2.67 bits per heavy atom. The summed E-state index contributed by atoms with van der Waals surface area (Å²) in [5, 5.41) is 4.63. The van der Waals surface area contributed by atoms with E-state index in [1.54, 1.807) is 0 Å². The third-order valence-electron chi connectivity index (χ3n) is 4.23. The molecule has 0 heterocycles. The first-order chi connectivity index (χ1) is 8.70. The van der Waals surface area contributed by atoms with Gasteiger partial charge in [-0.05, 0) is 49.8 Å². The Morgan fingerprint density at radius 2 is 2.06 bits per heavy atom.